The summed E-state index contributed by atoms with van der Waals surface area (Å²) in [7, 11) is 0. The maximum Gasteiger partial charge on any atom is 0.315 e. The molecular formula is C19H16Cl2O4S. The van der Waals surface area contributed by atoms with Crippen LogP contribution in [0.4, 0.5) is 0 Å². The Kier molecular flexibility index (Phi) is 4.90. The fourth-order valence-corrected chi connectivity index (χ4v) is 5.09. The second-order valence-corrected chi connectivity index (χ2v) is 8.50. The van der Waals surface area contributed by atoms with Gasteiger partial charge in [-0.3, -0.25) is 9.59 Å². The Morgan fingerprint density at radius 3 is 2.23 bits per heavy atom. The van der Waals surface area contributed by atoms with E-state index in [9.17, 15) is 19.8 Å². The van der Waals surface area contributed by atoms with E-state index in [4.69, 9.17) is 23.2 Å². The lowest BCUT2D eigenvalue weighted by molar-refractivity contribution is -0.150. The largest absolute Gasteiger partial charge is 0.481 e. The lowest BCUT2D eigenvalue weighted by Gasteiger charge is -2.40. The van der Waals surface area contributed by atoms with Gasteiger partial charge in [0, 0.05) is 9.90 Å². The Morgan fingerprint density at radius 2 is 1.73 bits per heavy atom. The van der Waals surface area contributed by atoms with Gasteiger partial charge in [0.1, 0.15) is 5.41 Å². The molecule has 0 saturated heterocycles. The van der Waals surface area contributed by atoms with E-state index in [1.54, 1.807) is 48.7 Å². The molecule has 0 fully saturated rings. The van der Waals surface area contributed by atoms with E-state index >= 15 is 0 Å². The Labute approximate surface area is 164 Å². The smallest absolute Gasteiger partial charge is 0.315 e. The molecule has 7 heteroatoms. The van der Waals surface area contributed by atoms with E-state index in [0.29, 0.717) is 20.5 Å². The maximum absolute atomic E-state index is 12.4. The van der Waals surface area contributed by atoms with Crippen molar-refractivity contribution in [3.8, 4) is 0 Å². The Hall–Kier alpha value is -1.82. The third-order valence-electron chi connectivity index (χ3n) is 4.82. The highest BCUT2D eigenvalue weighted by molar-refractivity contribution is 7.11. The molecule has 2 N–H and O–H groups in total. The van der Waals surface area contributed by atoms with Crippen LogP contribution < -0.4 is 0 Å². The standard InChI is InChI=1S/C19H16Cl2O4S/c1-18(16(22)23)8-12(11-2-4-13(20)5-3-11)9-19(10-18,17(24)25)15-14(21)6-7-26-15/h2-8H,9-10H2,1H3,(H,22,23)(H,24,25). The van der Waals surface area contributed by atoms with Gasteiger partial charge in [-0.2, -0.15) is 0 Å². The predicted octanol–water partition coefficient (Wildman–Crippen LogP) is 5.35. The summed E-state index contributed by atoms with van der Waals surface area (Å²) < 4.78 is 0. The van der Waals surface area contributed by atoms with Gasteiger partial charge in [-0.25, -0.2) is 0 Å². The Balaban J connectivity index is 2.21. The van der Waals surface area contributed by atoms with Crippen LogP contribution in [0.5, 0.6) is 0 Å². The minimum Gasteiger partial charge on any atom is -0.481 e. The summed E-state index contributed by atoms with van der Waals surface area (Å²) in [6.07, 6.45) is 1.75. The van der Waals surface area contributed by atoms with Crippen molar-refractivity contribution in [2.45, 2.75) is 25.2 Å². The Bertz CT molecular complexity index is 903. The minimum atomic E-state index is -1.40. The first-order chi connectivity index (χ1) is 12.2. The molecule has 136 valence electrons. The van der Waals surface area contributed by atoms with Gasteiger partial charge < -0.3 is 10.2 Å². The summed E-state index contributed by atoms with van der Waals surface area (Å²) in [6, 6.07) is 8.58. The summed E-state index contributed by atoms with van der Waals surface area (Å²) in [4.78, 5) is 24.8. The fourth-order valence-electron chi connectivity index (χ4n) is 3.53. The van der Waals surface area contributed by atoms with Gasteiger partial charge in [-0.15, -0.1) is 11.3 Å². The first-order valence-corrected chi connectivity index (χ1v) is 9.49. The molecule has 1 heterocycles. The highest BCUT2D eigenvalue weighted by Crippen LogP contribution is 2.52. The quantitative estimate of drug-likeness (QED) is 0.712. The highest BCUT2D eigenvalue weighted by Gasteiger charge is 2.53. The lowest BCUT2D eigenvalue weighted by atomic mass is 9.62. The minimum absolute atomic E-state index is 0.0675. The van der Waals surface area contributed by atoms with Crippen molar-refractivity contribution in [3.05, 3.63) is 62.3 Å². The zero-order valence-electron chi connectivity index (χ0n) is 13.8. The molecular weight excluding hydrogens is 395 g/mol. The maximum atomic E-state index is 12.4. The van der Waals surface area contributed by atoms with Crippen molar-refractivity contribution in [3.63, 3.8) is 0 Å². The van der Waals surface area contributed by atoms with Gasteiger partial charge >= 0.3 is 11.9 Å². The summed E-state index contributed by atoms with van der Waals surface area (Å²) >= 11 is 13.4. The summed E-state index contributed by atoms with van der Waals surface area (Å²) in [6.45, 7) is 1.55. The molecule has 1 aliphatic rings. The molecule has 1 aromatic carbocycles. The van der Waals surface area contributed by atoms with Gasteiger partial charge in [0.2, 0.25) is 0 Å². The molecule has 0 radical (unpaired) electrons. The number of allylic oxidation sites excluding steroid dienone is 1. The molecule has 1 aromatic heterocycles. The molecule has 0 amide bonds. The number of carboxylic acid groups (broad SMARTS) is 2. The van der Waals surface area contributed by atoms with Crippen LogP contribution in [0.3, 0.4) is 0 Å². The molecule has 0 saturated carbocycles. The third-order valence-corrected chi connectivity index (χ3v) is 6.62. The number of carbonyl (C=O) groups is 2. The first-order valence-electron chi connectivity index (χ1n) is 7.86. The van der Waals surface area contributed by atoms with Gasteiger partial charge in [-0.1, -0.05) is 41.4 Å². The number of benzene rings is 1. The van der Waals surface area contributed by atoms with Crippen LogP contribution in [0.25, 0.3) is 5.57 Å². The van der Waals surface area contributed by atoms with E-state index in [2.05, 4.69) is 0 Å². The number of aliphatic carboxylic acids is 2. The van der Waals surface area contributed by atoms with Crippen LogP contribution >= 0.6 is 34.5 Å². The van der Waals surface area contributed by atoms with E-state index in [1.165, 1.54) is 11.3 Å². The van der Waals surface area contributed by atoms with Crippen molar-refractivity contribution in [2.75, 3.05) is 0 Å². The molecule has 0 spiro atoms. The summed E-state index contributed by atoms with van der Waals surface area (Å²) in [5.41, 5.74) is -1.33. The molecule has 2 atom stereocenters. The van der Waals surface area contributed by atoms with Gasteiger partial charge in [-0.05, 0) is 54.5 Å². The van der Waals surface area contributed by atoms with E-state index in [1.807, 2.05) is 0 Å². The monoisotopic (exact) mass is 410 g/mol. The van der Waals surface area contributed by atoms with Gasteiger partial charge in [0.05, 0.1) is 10.4 Å². The number of rotatable bonds is 4. The zero-order valence-corrected chi connectivity index (χ0v) is 16.2. The zero-order chi connectivity index (χ0) is 19.1. The second kappa shape index (κ2) is 6.72. The SMILES string of the molecule is CC1(C(=O)O)C=C(c2ccc(Cl)cc2)CC(C(=O)O)(c2sccc2Cl)C1. The number of hydrogen-bond donors (Lipinski definition) is 2. The van der Waals surface area contributed by atoms with E-state index < -0.39 is 22.8 Å². The fraction of sp³-hybridized carbons (Fsp3) is 0.263. The normalized spacial score (nSPS) is 25.6. The van der Waals surface area contributed by atoms with Gasteiger partial charge in [0.25, 0.3) is 0 Å². The molecule has 0 aliphatic heterocycles. The topological polar surface area (TPSA) is 74.6 Å². The van der Waals surface area contributed by atoms with Crippen LogP contribution in [0, 0.1) is 5.41 Å². The molecule has 4 nitrogen and oxygen atoms in total. The van der Waals surface area contributed by atoms with Crippen molar-refractivity contribution in [1.82, 2.24) is 0 Å². The summed E-state index contributed by atoms with van der Waals surface area (Å²) in [5, 5.41) is 22.5. The molecule has 2 aromatic rings. The van der Waals surface area contributed by atoms with Crippen LogP contribution in [0.1, 0.15) is 30.2 Å². The molecule has 1 aliphatic carbocycles. The highest BCUT2D eigenvalue weighted by atomic mass is 35.5. The Morgan fingerprint density at radius 1 is 1.08 bits per heavy atom. The molecule has 26 heavy (non-hydrogen) atoms. The lowest BCUT2D eigenvalue weighted by Crippen LogP contribution is -2.45. The van der Waals surface area contributed by atoms with Crippen LogP contribution in [0.2, 0.25) is 10.0 Å². The van der Waals surface area contributed by atoms with Crippen molar-refractivity contribution < 1.29 is 19.8 Å². The number of carboxylic acids is 2. The van der Waals surface area contributed by atoms with E-state index in [0.717, 1.165) is 5.56 Å². The van der Waals surface area contributed by atoms with Crippen LogP contribution in [0.15, 0.2) is 41.8 Å². The predicted molar refractivity (Wildman–Crippen MR) is 103 cm³/mol. The van der Waals surface area contributed by atoms with Crippen molar-refractivity contribution in [1.29, 1.82) is 0 Å². The molecule has 0 bridgehead atoms. The van der Waals surface area contributed by atoms with Crippen molar-refractivity contribution in [2.24, 2.45) is 5.41 Å². The first kappa shape index (κ1) is 19.0. The number of halogens is 2. The molecule has 3 rings (SSSR count). The number of hydrogen-bond acceptors (Lipinski definition) is 3. The summed E-state index contributed by atoms with van der Waals surface area (Å²) in [5.74, 6) is -2.14. The average molecular weight is 411 g/mol. The van der Waals surface area contributed by atoms with Crippen molar-refractivity contribution >= 4 is 52.1 Å². The molecule has 2 unspecified atom stereocenters. The van der Waals surface area contributed by atoms with Crippen LogP contribution in [-0.4, -0.2) is 22.2 Å². The third kappa shape index (κ3) is 3.15. The van der Waals surface area contributed by atoms with Crippen LogP contribution in [-0.2, 0) is 15.0 Å². The second-order valence-electron chi connectivity index (χ2n) is 6.74. The van der Waals surface area contributed by atoms with Gasteiger partial charge in [0.15, 0.2) is 0 Å². The number of thiophene rings is 1. The average Bonchev–Trinajstić information content (AvgIpc) is 3.01. The van der Waals surface area contributed by atoms with E-state index in [-0.39, 0.29) is 12.8 Å².